The third-order valence-corrected chi connectivity index (χ3v) is 6.04. The van der Waals surface area contributed by atoms with Crippen molar-refractivity contribution in [1.82, 2.24) is 5.32 Å². The van der Waals surface area contributed by atoms with E-state index in [4.69, 9.17) is 4.74 Å². The minimum Gasteiger partial charge on any atom is -0.497 e. The number of carbonyl (C=O) groups excluding carboxylic acids is 2. The van der Waals surface area contributed by atoms with Crippen molar-refractivity contribution in [2.24, 2.45) is 10.2 Å². The third-order valence-electron chi connectivity index (χ3n) is 4.97. The normalized spacial score (nSPS) is 20.7. The molecule has 0 aromatic heterocycles. The number of ether oxygens (including phenoxy) is 1. The molecule has 1 heterocycles. The van der Waals surface area contributed by atoms with Gasteiger partial charge in [-0.2, -0.15) is 5.10 Å². The summed E-state index contributed by atoms with van der Waals surface area (Å²) in [5.74, 6) is 0.247. The van der Waals surface area contributed by atoms with Crippen LogP contribution in [0.2, 0.25) is 0 Å². The summed E-state index contributed by atoms with van der Waals surface area (Å²) < 4.78 is 5.10. The van der Waals surface area contributed by atoms with Gasteiger partial charge in [0.25, 0.3) is 0 Å². The quantitative estimate of drug-likeness (QED) is 0.723. The van der Waals surface area contributed by atoms with E-state index in [0.717, 1.165) is 30.5 Å². The number of nitrogens with zero attached hydrogens (tertiary/aromatic N) is 2. The molecule has 2 aromatic carbocycles. The lowest BCUT2D eigenvalue weighted by atomic mass is 9.90. The smallest absolute Gasteiger partial charge is 0.240 e. The molecule has 1 aliphatic carbocycles. The Kier molecular flexibility index (Phi) is 6.13. The van der Waals surface area contributed by atoms with Crippen molar-refractivity contribution in [2.75, 3.05) is 12.4 Å². The number of benzene rings is 2. The number of nitrogens with one attached hydrogen (secondary N) is 2. The molecular weight excluding hydrogens is 400 g/mol. The van der Waals surface area contributed by atoms with Crippen LogP contribution in [-0.2, 0) is 16.0 Å². The van der Waals surface area contributed by atoms with Gasteiger partial charge in [0.15, 0.2) is 5.17 Å². The van der Waals surface area contributed by atoms with Gasteiger partial charge in [-0.15, -0.1) is 5.10 Å². The second kappa shape index (κ2) is 9.13. The molecule has 2 amide bonds. The fourth-order valence-electron chi connectivity index (χ4n) is 3.45. The first-order chi connectivity index (χ1) is 14.6. The van der Waals surface area contributed by atoms with Crippen LogP contribution in [0.1, 0.15) is 30.4 Å². The van der Waals surface area contributed by atoms with Crippen molar-refractivity contribution in [3.05, 3.63) is 59.7 Å². The Labute approximate surface area is 179 Å². The molecule has 0 bridgehead atoms. The standard InChI is InChI=1S/C22H22N4O3S/c1-29-16-11-9-15(10-12-16)23-20(27)13-19-21(28)24-22(30-19)26-25-18-8-4-6-14-5-2-3-7-17(14)18/h2-3,5,7,9-12,19H,4,6,8,13H2,1H3,(H,23,27)(H,24,26,28)/b25-18-/t19-/m1/s1. The van der Waals surface area contributed by atoms with Crippen molar-refractivity contribution >= 4 is 40.1 Å². The monoisotopic (exact) mass is 422 g/mol. The van der Waals surface area contributed by atoms with Crippen molar-refractivity contribution < 1.29 is 14.3 Å². The Hall–Kier alpha value is -3.13. The molecule has 154 valence electrons. The zero-order valence-corrected chi connectivity index (χ0v) is 17.4. The first-order valence-corrected chi connectivity index (χ1v) is 10.6. The van der Waals surface area contributed by atoms with E-state index in [1.165, 1.54) is 17.3 Å². The van der Waals surface area contributed by atoms with Gasteiger partial charge in [0.2, 0.25) is 11.8 Å². The summed E-state index contributed by atoms with van der Waals surface area (Å²) in [6.45, 7) is 0. The van der Waals surface area contributed by atoms with Crippen LogP contribution in [0.15, 0.2) is 58.7 Å². The van der Waals surface area contributed by atoms with Crippen LogP contribution in [0.3, 0.4) is 0 Å². The van der Waals surface area contributed by atoms with Crippen LogP contribution >= 0.6 is 11.8 Å². The van der Waals surface area contributed by atoms with E-state index in [2.05, 4.69) is 33.0 Å². The van der Waals surface area contributed by atoms with Crippen molar-refractivity contribution in [3.63, 3.8) is 0 Å². The maximum absolute atomic E-state index is 12.3. The molecule has 1 fully saturated rings. The van der Waals surface area contributed by atoms with E-state index in [0.29, 0.717) is 16.6 Å². The highest BCUT2D eigenvalue weighted by Crippen LogP contribution is 2.25. The zero-order chi connectivity index (χ0) is 20.9. The van der Waals surface area contributed by atoms with Crippen LogP contribution in [0, 0.1) is 0 Å². The fraction of sp³-hybridized carbons (Fsp3) is 0.273. The number of thioether (sulfide) groups is 1. The van der Waals surface area contributed by atoms with Gasteiger partial charge in [-0.05, 0) is 49.1 Å². The summed E-state index contributed by atoms with van der Waals surface area (Å²) in [6.07, 6.45) is 3.00. The lowest BCUT2D eigenvalue weighted by Gasteiger charge is -2.16. The number of rotatable bonds is 5. The average molecular weight is 423 g/mol. The van der Waals surface area contributed by atoms with Gasteiger partial charge in [0.1, 0.15) is 11.0 Å². The summed E-state index contributed by atoms with van der Waals surface area (Å²) in [4.78, 5) is 24.6. The van der Waals surface area contributed by atoms with Gasteiger partial charge in [-0.25, -0.2) is 0 Å². The molecule has 2 aliphatic rings. The Balaban J connectivity index is 1.37. The predicted octanol–water partition coefficient (Wildman–Crippen LogP) is 3.35. The number of hydrogen-bond donors (Lipinski definition) is 2. The molecule has 2 aromatic rings. The second-order valence-corrected chi connectivity index (χ2v) is 8.23. The highest BCUT2D eigenvalue weighted by atomic mass is 32.2. The topological polar surface area (TPSA) is 92.2 Å². The van der Waals surface area contributed by atoms with Gasteiger partial charge in [0, 0.05) is 17.7 Å². The number of anilines is 1. The Morgan fingerprint density at radius 2 is 1.97 bits per heavy atom. The molecule has 1 atom stereocenters. The molecule has 1 saturated heterocycles. The zero-order valence-electron chi connectivity index (χ0n) is 16.6. The molecule has 2 N–H and O–H groups in total. The van der Waals surface area contributed by atoms with Crippen LogP contribution in [0.4, 0.5) is 5.69 Å². The van der Waals surface area contributed by atoms with Crippen molar-refractivity contribution in [3.8, 4) is 5.75 Å². The summed E-state index contributed by atoms with van der Waals surface area (Å²) >= 11 is 1.24. The molecule has 30 heavy (non-hydrogen) atoms. The lowest BCUT2D eigenvalue weighted by molar-refractivity contribution is -0.122. The number of amidine groups is 1. The van der Waals surface area contributed by atoms with Crippen molar-refractivity contribution in [2.45, 2.75) is 30.9 Å². The van der Waals surface area contributed by atoms with Crippen molar-refractivity contribution in [1.29, 1.82) is 0 Å². The van der Waals surface area contributed by atoms with E-state index in [1.807, 2.05) is 12.1 Å². The third kappa shape index (κ3) is 4.71. The van der Waals surface area contributed by atoms with Crippen LogP contribution < -0.4 is 15.4 Å². The highest BCUT2D eigenvalue weighted by Gasteiger charge is 2.32. The lowest BCUT2D eigenvalue weighted by Crippen LogP contribution is -2.28. The van der Waals surface area contributed by atoms with Gasteiger partial charge in [-0.3, -0.25) is 9.59 Å². The van der Waals surface area contributed by atoms with E-state index in [1.54, 1.807) is 31.4 Å². The largest absolute Gasteiger partial charge is 0.497 e. The number of hydrogen-bond acceptors (Lipinski definition) is 6. The molecule has 1 aliphatic heterocycles. The minimum atomic E-state index is -0.527. The number of amides is 2. The maximum Gasteiger partial charge on any atom is 0.240 e. The van der Waals surface area contributed by atoms with Crippen LogP contribution in [0.5, 0.6) is 5.75 Å². The summed E-state index contributed by atoms with van der Waals surface area (Å²) in [7, 11) is 1.58. The number of carbonyl (C=O) groups is 2. The molecule has 0 saturated carbocycles. The average Bonchev–Trinajstić information content (AvgIpc) is 3.11. The Morgan fingerprint density at radius 1 is 1.17 bits per heavy atom. The first kappa shape index (κ1) is 20.2. The maximum atomic E-state index is 12.3. The molecule has 8 heteroatoms. The SMILES string of the molecule is COc1ccc(NC(=O)C[C@H]2S/C(=N\N=C3\CCCc4ccccc43)NC2=O)cc1. The van der Waals surface area contributed by atoms with Crippen LogP contribution in [-0.4, -0.2) is 35.1 Å². The second-order valence-electron chi connectivity index (χ2n) is 7.04. The van der Waals surface area contributed by atoms with Gasteiger partial charge in [-0.1, -0.05) is 36.0 Å². The first-order valence-electron chi connectivity index (χ1n) is 9.76. The highest BCUT2D eigenvalue weighted by molar-refractivity contribution is 8.15. The van der Waals surface area contributed by atoms with Gasteiger partial charge in [0.05, 0.1) is 12.8 Å². The summed E-state index contributed by atoms with van der Waals surface area (Å²) in [5, 5.41) is 14.1. The fourth-order valence-corrected chi connectivity index (χ4v) is 4.37. The summed E-state index contributed by atoms with van der Waals surface area (Å²) in [5.41, 5.74) is 3.98. The van der Waals surface area contributed by atoms with E-state index in [-0.39, 0.29) is 18.2 Å². The number of fused-ring (bicyclic) bond motifs is 1. The van der Waals surface area contributed by atoms with E-state index in [9.17, 15) is 9.59 Å². The number of aryl methyl sites for hydroxylation is 1. The molecule has 0 radical (unpaired) electrons. The molecular formula is C22H22N4O3S. The molecule has 4 rings (SSSR count). The molecule has 0 unspecified atom stereocenters. The minimum absolute atomic E-state index is 0.0565. The Morgan fingerprint density at radius 3 is 2.77 bits per heavy atom. The number of methoxy groups -OCH3 is 1. The van der Waals surface area contributed by atoms with Gasteiger partial charge >= 0.3 is 0 Å². The van der Waals surface area contributed by atoms with Crippen LogP contribution in [0.25, 0.3) is 0 Å². The molecule has 7 nitrogen and oxygen atoms in total. The summed E-state index contributed by atoms with van der Waals surface area (Å²) in [6, 6.07) is 15.2. The Bertz CT molecular complexity index is 1020. The van der Waals surface area contributed by atoms with E-state index >= 15 is 0 Å². The van der Waals surface area contributed by atoms with E-state index < -0.39 is 5.25 Å². The molecule has 0 spiro atoms. The van der Waals surface area contributed by atoms with Gasteiger partial charge < -0.3 is 15.4 Å². The predicted molar refractivity (Wildman–Crippen MR) is 119 cm³/mol.